The standard InChI is InChI=1S/C25H37N7O/c1-16(2)10-11-20(12-19-13-26-22-9-7-6-8-21(19)22)27-24(33)23-28-25(30-29-23)32-14-17(3)31(5)18(4)15-32/h6-9,13,16-18,20,26H,10-12,14-15H2,1-5H3,(H,27,33)(H,28,29,30)/t17-,18-,20?/m1/s1. The van der Waals surface area contributed by atoms with Crippen molar-refractivity contribution in [2.45, 2.75) is 65.1 Å². The Balaban J connectivity index is 1.45. The SMILES string of the molecule is CC(C)CCC(Cc1c[nH]c2ccccc12)NC(=O)c1nc(N2C[C@@H](C)N(C)[C@H](C)C2)n[nH]1. The number of carbonyl (C=O) groups is 1. The van der Waals surface area contributed by atoms with Gasteiger partial charge in [-0.05, 0) is 57.7 Å². The number of rotatable bonds is 8. The van der Waals surface area contributed by atoms with Crippen molar-refractivity contribution in [1.82, 2.24) is 30.4 Å². The van der Waals surface area contributed by atoms with E-state index in [-0.39, 0.29) is 17.8 Å². The third kappa shape index (κ3) is 5.38. The molecule has 0 bridgehead atoms. The smallest absolute Gasteiger partial charge is 0.288 e. The number of H-pyrrole nitrogens is 2. The van der Waals surface area contributed by atoms with Crippen LogP contribution in [0.3, 0.4) is 0 Å². The van der Waals surface area contributed by atoms with Crippen molar-refractivity contribution < 1.29 is 4.79 Å². The van der Waals surface area contributed by atoms with Gasteiger partial charge in [0.05, 0.1) is 0 Å². The van der Waals surface area contributed by atoms with E-state index in [0.29, 0.717) is 23.9 Å². The number of piperazine rings is 1. The Hall–Kier alpha value is -2.87. The Morgan fingerprint density at radius 1 is 1.18 bits per heavy atom. The number of anilines is 1. The van der Waals surface area contributed by atoms with Crippen LogP contribution in [0.5, 0.6) is 0 Å². The molecule has 3 N–H and O–H groups in total. The quantitative estimate of drug-likeness (QED) is 0.487. The Labute approximate surface area is 196 Å². The second-order valence-corrected chi connectivity index (χ2v) is 9.96. The molecule has 1 saturated heterocycles. The first-order chi connectivity index (χ1) is 15.8. The fraction of sp³-hybridized carbons (Fsp3) is 0.560. The van der Waals surface area contributed by atoms with Crippen LogP contribution in [0.15, 0.2) is 30.5 Å². The van der Waals surface area contributed by atoms with E-state index in [2.05, 4.69) is 94.4 Å². The molecule has 1 amide bonds. The fourth-order valence-electron chi connectivity index (χ4n) is 4.64. The van der Waals surface area contributed by atoms with Crippen molar-refractivity contribution in [2.24, 2.45) is 5.92 Å². The summed E-state index contributed by atoms with van der Waals surface area (Å²) >= 11 is 0. The van der Waals surface area contributed by atoms with Crippen LogP contribution >= 0.6 is 0 Å². The number of carbonyl (C=O) groups excluding carboxylic acids is 1. The summed E-state index contributed by atoms with van der Waals surface area (Å²) in [6.07, 6.45) is 4.79. The number of fused-ring (bicyclic) bond motifs is 1. The summed E-state index contributed by atoms with van der Waals surface area (Å²) in [6, 6.07) is 9.13. The van der Waals surface area contributed by atoms with Gasteiger partial charge < -0.3 is 15.2 Å². The lowest BCUT2D eigenvalue weighted by Crippen LogP contribution is -2.55. The predicted octanol–water partition coefficient (Wildman–Crippen LogP) is 3.59. The summed E-state index contributed by atoms with van der Waals surface area (Å²) in [5, 5.41) is 11.7. The van der Waals surface area contributed by atoms with Gasteiger partial charge in [-0.25, -0.2) is 0 Å². The van der Waals surface area contributed by atoms with Gasteiger partial charge in [-0.1, -0.05) is 32.0 Å². The normalized spacial score (nSPS) is 20.5. The Kier molecular flexibility index (Phi) is 7.02. The largest absolute Gasteiger partial charge is 0.361 e. The molecule has 8 heteroatoms. The average molecular weight is 452 g/mol. The molecule has 3 aromatic rings. The topological polar surface area (TPSA) is 92.9 Å². The van der Waals surface area contributed by atoms with Gasteiger partial charge in [0.15, 0.2) is 0 Å². The lowest BCUT2D eigenvalue weighted by Gasteiger charge is -2.41. The molecule has 4 rings (SSSR count). The second-order valence-electron chi connectivity index (χ2n) is 9.96. The monoisotopic (exact) mass is 451 g/mol. The zero-order chi connectivity index (χ0) is 23.5. The maximum Gasteiger partial charge on any atom is 0.288 e. The highest BCUT2D eigenvalue weighted by molar-refractivity contribution is 5.91. The summed E-state index contributed by atoms with van der Waals surface area (Å²) in [4.78, 5) is 25.5. The molecule has 1 fully saturated rings. The molecule has 2 aromatic heterocycles. The van der Waals surface area contributed by atoms with Crippen LogP contribution in [0, 0.1) is 5.92 Å². The van der Waals surface area contributed by atoms with E-state index in [1.165, 1.54) is 10.9 Å². The predicted molar refractivity (Wildman–Crippen MR) is 133 cm³/mol. The van der Waals surface area contributed by atoms with Crippen molar-refractivity contribution in [1.29, 1.82) is 0 Å². The van der Waals surface area contributed by atoms with Crippen LogP contribution in [0.25, 0.3) is 10.9 Å². The van der Waals surface area contributed by atoms with Gasteiger partial charge in [-0.3, -0.25) is 14.8 Å². The van der Waals surface area contributed by atoms with E-state index < -0.39 is 0 Å². The number of amides is 1. The highest BCUT2D eigenvalue weighted by Gasteiger charge is 2.29. The van der Waals surface area contributed by atoms with Crippen molar-refractivity contribution >= 4 is 22.8 Å². The number of aromatic nitrogens is 4. The molecular formula is C25H37N7O. The molecule has 8 nitrogen and oxygen atoms in total. The van der Waals surface area contributed by atoms with Crippen LogP contribution < -0.4 is 10.2 Å². The van der Waals surface area contributed by atoms with E-state index in [9.17, 15) is 4.79 Å². The van der Waals surface area contributed by atoms with Crippen LogP contribution in [-0.2, 0) is 6.42 Å². The summed E-state index contributed by atoms with van der Waals surface area (Å²) in [5.74, 6) is 1.25. The number of nitrogens with one attached hydrogen (secondary N) is 3. The highest BCUT2D eigenvalue weighted by Crippen LogP contribution is 2.22. The molecule has 0 radical (unpaired) electrons. The van der Waals surface area contributed by atoms with Gasteiger partial charge in [-0.15, -0.1) is 5.10 Å². The van der Waals surface area contributed by atoms with Gasteiger partial charge in [0.1, 0.15) is 0 Å². The minimum Gasteiger partial charge on any atom is -0.361 e. The van der Waals surface area contributed by atoms with Crippen molar-refractivity contribution in [3.63, 3.8) is 0 Å². The van der Waals surface area contributed by atoms with Crippen LogP contribution in [0.4, 0.5) is 5.95 Å². The van der Waals surface area contributed by atoms with E-state index in [1.54, 1.807) is 0 Å². The third-order valence-corrected chi connectivity index (χ3v) is 6.90. The van der Waals surface area contributed by atoms with E-state index in [1.807, 2.05) is 6.07 Å². The second kappa shape index (κ2) is 9.95. The Morgan fingerprint density at radius 3 is 2.64 bits per heavy atom. The van der Waals surface area contributed by atoms with Gasteiger partial charge in [0.2, 0.25) is 11.8 Å². The minimum atomic E-state index is -0.197. The molecule has 3 heterocycles. The third-order valence-electron chi connectivity index (χ3n) is 6.90. The van der Waals surface area contributed by atoms with Crippen molar-refractivity contribution in [3.05, 3.63) is 41.9 Å². The van der Waals surface area contributed by atoms with Crippen molar-refractivity contribution in [2.75, 3.05) is 25.0 Å². The van der Waals surface area contributed by atoms with Gasteiger partial charge in [0, 0.05) is 48.3 Å². The summed E-state index contributed by atoms with van der Waals surface area (Å²) in [6.45, 7) is 10.5. The first kappa shape index (κ1) is 23.3. The Bertz CT molecular complexity index is 1060. The molecular weight excluding hydrogens is 414 g/mol. The van der Waals surface area contributed by atoms with Gasteiger partial charge >= 0.3 is 0 Å². The molecule has 0 spiro atoms. The van der Waals surface area contributed by atoms with Crippen LogP contribution in [-0.4, -0.2) is 69.2 Å². The number of hydrogen-bond donors (Lipinski definition) is 3. The summed E-state index contributed by atoms with van der Waals surface area (Å²) in [5.41, 5.74) is 2.34. The van der Waals surface area contributed by atoms with E-state index in [4.69, 9.17) is 0 Å². The molecule has 178 valence electrons. The van der Waals surface area contributed by atoms with E-state index >= 15 is 0 Å². The molecule has 1 aromatic carbocycles. The zero-order valence-electron chi connectivity index (χ0n) is 20.4. The first-order valence-electron chi connectivity index (χ1n) is 12.1. The van der Waals surface area contributed by atoms with Crippen LogP contribution in [0.2, 0.25) is 0 Å². The number of benzene rings is 1. The van der Waals surface area contributed by atoms with Crippen LogP contribution in [0.1, 0.15) is 56.7 Å². The number of nitrogens with zero attached hydrogens (tertiary/aromatic N) is 4. The zero-order valence-corrected chi connectivity index (χ0v) is 20.4. The number of aromatic amines is 2. The number of hydrogen-bond acceptors (Lipinski definition) is 5. The average Bonchev–Trinajstić information content (AvgIpc) is 3.43. The molecule has 1 aliphatic rings. The summed E-state index contributed by atoms with van der Waals surface area (Å²) in [7, 11) is 2.15. The maximum atomic E-state index is 13.1. The number of para-hydroxylation sites is 1. The fourth-order valence-corrected chi connectivity index (χ4v) is 4.64. The minimum absolute atomic E-state index is 0.0244. The first-order valence-corrected chi connectivity index (χ1v) is 12.1. The van der Waals surface area contributed by atoms with E-state index in [0.717, 1.165) is 37.9 Å². The Morgan fingerprint density at radius 2 is 1.91 bits per heavy atom. The lowest BCUT2D eigenvalue weighted by atomic mass is 9.97. The van der Waals surface area contributed by atoms with Gasteiger partial charge in [0.25, 0.3) is 5.91 Å². The highest BCUT2D eigenvalue weighted by atomic mass is 16.2. The lowest BCUT2D eigenvalue weighted by molar-refractivity contribution is 0.0923. The molecule has 33 heavy (non-hydrogen) atoms. The van der Waals surface area contributed by atoms with Crippen molar-refractivity contribution in [3.8, 4) is 0 Å². The maximum absolute atomic E-state index is 13.1. The molecule has 1 aliphatic heterocycles. The molecule has 1 unspecified atom stereocenters. The molecule has 0 saturated carbocycles. The summed E-state index contributed by atoms with van der Waals surface area (Å²) < 4.78 is 0. The molecule has 3 atom stereocenters. The van der Waals surface area contributed by atoms with Gasteiger partial charge in [-0.2, -0.15) is 4.98 Å². The number of likely N-dealkylation sites (N-methyl/N-ethyl adjacent to an activating group) is 1. The molecule has 0 aliphatic carbocycles.